The zero-order valence-electron chi connectivity index (χ0n) is 10.1. The van der Waals surface area contributed by atoms with Gasteiger partial charge in [0.15, 0.2) is 0 Å². The molecule has 0 saturated heterocycles. The summed E-state index contributed by atoms with van der Waals surface area (Å²) in [7, 11) is 0. The summed E-state index contributed by atoms with van der Waals surface area (Å²) in [4.78, 5) is 23.1. The highest BCUT2D eigenvalue weighted by molar-refractivity contribution is 5.89. The van der Waals surface area contributed by atoms with E-state index in [1.165, 1.54) is 0 Å². The molecule has 4 N–H and O–H groups in total. The van der Waals surface area contributed by atoms with Gasteiger partial charge in [-0.3, -0.25) is 9.59 Å². The highest BCUT2D eigenvalue weighted by atomic mass is 16.2. The van der Waals surface area contributed by atoms with E-state index in [0.29, 0.717) is 6.04 Å². The maximum absolute atomic E-state index is 11.6. The number of hydrogen-bond acceptors (Lipinski definition) is 3. The standard InChI is InChI=1S/C11H21N3O2/c1-6(2)9(12)11(16)13-7(3)10(15)14-8-4-5-8/h6-9H,4-5,12H2,1-3H3,(H,13,16)(H,14,15). The van der Waals surface area contributed by atoms with Gasteiger partial charge in [0.25, 0.3) is 0 Å². The van der Waals surface area contributed by atoms with Gasteiger partial charge in [0.1, 0.15) is 6.04 Å². The quantitative estimate of drug-likeness (QED) is 0.605. The highest BCUT2D eigenvalue weighted by Gasteiger charge is 2.27. The Balaban J connectivity index is 2.34. The van der Waals surface area contributed by atoms with Crippen molar-refractivity contribution in [1.29, 1.82) is 0 Å². The predicted octanol–water partition coefficient (Wildman–Crippen LogP) is -0.247. The maximum atomic E-state index is 11.6. The van der Waals surface area contributed by atoms with E-state index >= 15 is 0 Å². The van der Waals surface area contributed by atoms with Crippen LogP contribution < -0.4 is 16.4 Å². The van der Waals surface area contributed by atoms with Crippen LogP contribution in [0.1, 0.15) is 33.6 Å². The Morgan fingerprint density at radius 1 is 1.19 bits per heavy atom. The van der Waals surface area contributed by atoms with Gasteiger partial charge in [0, 0.05) is 6.04 Å². The summed E-state index contributed by atoms with van der Waals surface area (Å²) >= 11 is 0. The summed E-state index contributed by atoms with van der Waals surface area (Å²) in [5.74, 6) is -0.334. The minimum atomic E-state index is -0.559. The van der Waals surface area contributed by atoms with Crippen LogP contribution in [0.15, 0.2) is 0 Å². The molecule has 1 aliphatic rings. The lowest BCUT2D eigenvalue weighted by Crippen LogP contribution is -2.52. The number of carbonyl (C=O) groups excluding carboxylic acids is 2. The van der Waals surface area contributed by atoms with E-state index in [1.54, 1.807) is 6.92 Å². The second kappa shape index (κ2) is 5.30. The van der Waals surface area contributed by atoms with E-state index < -0.39 is 12.1 Å². The molecule has 16 heavy (non-hydrogen) atoms. The molecule has 0 aliphatic heterocycles. The molecule has 1 fully saturated rings. The predicted molar refractivity (Wildman–Crippen MR) is 61.6 cm³/mol. The third-order valence-electron chi connectivity index (χ3n) is 2.70. The average molecular weight is 227 g/mol. The molecule has 0 aromatic carbocycles. The van der Waals surface area contributed by atoms with Gasteiger partial charge in [-0.1, -0.05) is 13.8 Å². The molecular weight excluding hydrogens is 206 g/mol. The fourth-order valence-corrected chi connectivity index (χ4v) is 1.23. The first-order chi connectivity index (χ1) is 7.41. The van der Waals surface area contributed by atoms with Crippen LogP contribution in [0, 0.1) is 5.92 Å². The summed E-state index contributed by atoms with van der Waals surface area (Å²) < 4.78 is 0. The number of amides is 2. The van der Waals surface area contributed by atoms with E-state index in [0.717, 1.165) is 12.8 Å². The lowest BCUT2D eigenvalue weighted by molar-refractivity contribution is -0.129. The molecular formula is C11H21N3O2. The van der Waals surface area contributed by atoms with Gasteiger partial charge in [-0.2, -0.15) is 0 Å². The van der Waals surface area contributed by atoms with Crippen molar-refractivity contribution in [2.24, 2.45) is 11.7 Å². The largest absolute Gasteiger partial charge is 0.352 e. The molecule has 0 aromatic rings. The average Bonchev–Trinajstić information content (AvgIpc) is 2.99. The Bertz CT molecular complexity index is 274. The highest BCUT2D eigenvalue weighted by Crippen LogP contribution is 2.18. The van der Waals surface area contributed by atoms with Crippen molar-refractivity contribution in [2.75, 3.05) is 0 Å². The van der Waals surface area contributed by atoms with Crippen LogP contribution in [0.2, 0.25) is 0 Å². The first-order valence-electron chi connectivity index (χ1n) is 5.78. The Kier molecular flexibility index (Phi) is 4.29. The van der Waals surface area contributed by atoms with Crippen LogP contribution in [-0.4, -0.2) is 29.9 Å². The van der Waals surface area contributed by atoms with Crippen LogP contribution in [-0.2, 0) is 9.59 Å². The van der Waals surface area contributed by atoms with Crippen molar-refractivity contribution in [2.45, 2.75) is 51.7 Å². The topological polar surface area (TPSA) is 84.2 Å². The minimum absolute atomic E-state index is 0.0682. The number of hydrogen-bond donors (Lipinski definition) is 3. The molecule has 0 radical (unpaired) electrons. The molecule has 5 nitrogen and oxygen atoms in total. The molecule has 1 rings (SSSR count). The molecule has 0 bridgehead atoms. The fraction of sp³-hybridized carbons (Fsp3) is 0.818. The lowest BCUT2D eigenvalue weighted by Gasteiger charge is -2.19. The fourth-order valence-electron chi connectivity index (χ4n) is 1.23. The first-order valence-corrected chi connectivity index (χ1v) is 5.78. The van der Waals surface area contributed by atoms with Crippen LogP contribution in [0.3, 0.4) is 0 Å². The van der Waals surface area contributed by atoms with Gasteiger partial charge in [0.05, 0.1) is 6.04 Å². The van der Waals surface area contributed by atoms with Crippen molar-refractivity contribution >= 4 is 11.8 Å². The number of nitrogens with one attached hydrogen (secondary N) is 2. The Labute approximate surface area is 96.1 Å². The maximum Gasteiger partial charge on any atom is 0.242 e. The monoisotopic (exact) mass is 227 g/mol. The molecule has 5 heteroatoms. The lowest BCUT2D eigenvalue weighted by atomic mass is 10.0. The van der Waals surface area contributed by atoms with Crippen molar-refractivity contribution in [3.05, 3.63) is 0 Å². The normalized spacial score (nSPS) is 19.1. The van der Waals surface area contributed by atoms with Gasteiger partial charge in [0.2, 0.25) is 11.8 Å². The summed E-state index contributed by atoms with van der Waals surface area (Å²) in [5.41, 5.74) is 5.68. The molecule has 2 unspecified atom stereocenters. The van der Waals surface area contributed by atoms with Crippen LogP contribution >= 0.6 is 0 Å². The van der Waals surface area contributed by atoms with Gasteiger partial charge in [-0.15, -0.1) is 0 Å². The Morgan fingerprint density at radius 2 is 1.75 bits per heavy atom. The zero-order chi connectivity index (χ0) is 12.3. The van der Waals surface area contributed by atoms with Crippen molar-refractivity contribution < 1.29 is 9.59 Å². The Morgan fingerprint density at radius 3 is 2.19 bits per heavy atom. The molecule has 2 amide bonds. The van der Waals surface area contributed by atoms with Crippen molar-refractivity contribution in [1.82, 2.24) is 10.6 Å². The molecule has 0 heterocycles. The molecule has 0 aromatic heterocycles. The summed E-state index contributed by atoms with van der Waals surface area (Å²) in [6.07, 6.45) is 2.08. The van der Waals surface area contributed by atoms with E-state index in [2.05, 4.69) is 10.6 Å². The molecule has 92 valence electrons. The van der Waals surface area contributed by atoms with Gasteiger partial charge >= 0.3 is 0 Å². The van der Waals surface area contributed by atoms with Gasteiger partial charge in [-0.25, -0.2) is 0 Å². The number of carbonyl (C=O) groups is 2. The molecule has 0 spiro atoms. The van der Waals surface area contributed by atoms with Crippen molar-refractivity contribution in [3.8, 4) is 0 Å². The van der Waals surface area contributed by atoms with Crippen LogP contribution in [0.25, 0.3) is 0 Å². The number of nitrogens with two attached hydrogens (primary N) is 1. The smallest absolute Gasteiger partial charge is 0.242 e. The van der Waals surface area contributed by atoms with E-state index in [9.17, 15) is 9.59 Å². The number of rotatable bonds is 5. The SMILES string of the molecule is CC(NC(=O)C(N)C(C)C)C(=O)NC1CC1. The van der Waals surface area contributed by atoms with Gasteiger partial charge < -0.3 is 16.4 Å². The van der Waals surface area contributed by atoms with Gasteiger partial charge in [-0.05, 0) is 25.7 Å². The summed E-state index contributed by atoms with van der Waals surface area (Å²) in [6, 6.07) is -0.764. The summed E-state index contributed by atoms with van der Waals surface area (Å²) in [6.45, 7) is 5.42. The Hall–Kier alpha value is -1.10. The zero-order valence-corrected chi connectivity index (χ0v) is 10.1. The third kappa shape index (κ3) is 3.81. The van der Waals surface area contributed by atoms with E-state index in [1.807, 2.05) is 13.8 Å². The second-order valence-corrected chi connectivity index (χ2v) is 4.78. The van der Waals surface area contributed by atoms with Crippen LogP contribution in [0.5, 0.6) is 0 Å². The van der Waals surface area contributed by atoms with Crippen LogP contribution in [0.4, 0.5) is 0 Å². The summed E-state index contributed by atoms with van der Waals surface area (Å²) in [5, 5.41) is 5.45. The molecule has 1 aliphatic carbocycles. The third-order valence-corrected chi connectivity index (χ3v) is 2.70. The molecule has 1 saturated carbocycles. The van der Waals surface area contributed by atoms with Crippen molar-refractivity contribution in [3.63, 3.8) is 0 Å². The minimum Gasteiger partial charge on any atom is -0.352 e. The van der Waals surface area contributed by atoms with E-state index in [4.69, 9.17) is 5.73 Å². The molecule has 2 atom stereocenters. The first kappa shape index (κ1) is 13.0. The second-order valence-electron chi connectivity index (χ2n) is 4.78. The van der Waals surface area contributed by atoms with E-state index in [-0.39, 0.29) is 17.7 Å².